The van der Waals surface area contributed by atoms with Crippen molar-refractivity contribution in [3.05, 3.63) is 52.6 Å². The van der Waals surface area contributed by atoms with Gasteiger partial charge in [0.2, 0.25) is 11.8 Å². The standard InChI is InChI=1S/C22H19N3O3/c1-4-9-25-15-10-21(2,3)11-16(26)18(15)22(20(25)27)13-7-5-6-8-17(13)28-19(24)14(22)12-23/h1,5-8H,9-11,24H2,2-3H3/t22-/m0/s1. The molecule has 0 aromatic heterocycles. The normalized spacial score (nSPS) is 25.2. The number of carbonyl (C=O) groups excluding carboxylic acids is 2. The van der Waals surface area contributed by atoms with E-state index in [2.05, 4.69) is 5.92 Å². The third kappa shape index (κ3) is 2.09. The minimum Gasteiger partial charge on any atom is -0.440 e. The number of fused-ring (bicyclic) bond motifs is 3. The van der Waals surface area contributed by atoms with Crippen molar-refractivity contribution in [2.24, 2.45) is 11.1 Å². The lowest BCUT2D eigenvalue weighted by Gasteiger charge is -2.37. The van der Waals surface area contributed by atoms with Crippen LogP contribution in [0.25, 0.3) is 0 Å². The molecule has 2 aliphatic heterocycles. The van der Waals surface area contributed by atoms with Crippen LogP contribution in [-0.4, -0.2) is 23.1 Å². The van der Waals surface area contributed by atoms with Gasteiger partial charge in [0.15, 0.2) is 5.78 Å². The molecule has 3 aliphatic rings. The molecule has 1 aromatic rings. The third-order valence-corrected chi connectivity index (χ3v) is 5.61. The maximum Gasteiger partial charge on any atom is 0.248 e. The first-order valence-electron chi connectivity index (χ1n) is 8.98. The summed E-state index contributed by atoms with van der Waals surface area (Å²) in [5.41, 5.74) is 5.41. The number of carbonyl (C=O) groups is 2. The molecule has 1 spiro atoms. The molecule has 6 nitrogen and oxygen atoms in total. The fraction of sp³-hybridized carbons (Fsp3) is 0.318. The molecule has 1 aliphatic carbocycles. The van der Waals surface area contributed by atoms with Crippen LogP contribution < -0.4 is 10.5 Å². The monoisotopic (exact) mass is 373 g/mol. The van der Waals surface area contributed by atoms with Gasteiger partial charge in [-0.2, -0.15) is 5.26 Å². The van der Waals surface area contributed by atoms with Gasteiger partial charge in [-0.15, -0.1) is 6.42 Å². The predicted octanol–water partition coefficient (Wildman–Crippen LogP) is 2.13. The molecule has 2 N–H and O–H groups in total. The second-order valence-corrected chi connectivity index (χ2v) is 8.06. The van der Waals surface area contributed by atoms with Crippen molar-refractivity contribution >= 4 is 11.7 Å². The van der Waals surface area contributed by atoms with Crippen LogP contribution in [0.2, 0.25) is 0 Å². The van der Waals surface area contributed by atoms with Crippen molar-refractivity contribution in [1.82, 2.24) is 4.90 Å². The number of nitriles is 1. The highest BCUT2D eigenvalue weighted by molar-refractivity contribution is 6.15. The minimum atomic E-state index is -1.60. The fourth-order valence-corrected chi connectivity index (χ4v) is 4.61. The largest absolute Gasteiger partial charge is 0.440 e. The number of amides is 1. The summed E-state index contributed by atoms with van der Waals surface area (Å²) in [5.74, 6) is 2.11. The highest BCUT2D eigenvalue weighted by Crippen LogP contribution is 2.57. The molecule has 0 unspecified atom stereocenters. The van der Waals surface area contributed by atoms with Gasteiger partial charge < -0.3 is 15.4 Å². The Morgan fingerprint density at radius 1 is 1.29 bits per heavy atom. The van der Waals surface area contributed by atoms with Gasteiger partial charge in [0.05, 0.1) is 6.54 Å². The Bertz CT molecular complexity index is 1080. The van der Waals surface area contributed by atoms with E-state index in [-0.39, 0.29) is 35.6 Å². The molecule has 0 saturated heterocycles. The topological polar surface area (TPSA) is 96.4 Å². The van der Waals surface area contributed by atoms with E-state index in [1.807, 2.05) is 19.9 Å². The summed E-state index contributed by atoms with van der Waals surface area (Å²) < 4.78 is 5.61. The van der Waals surface area contributed by atoms with Crippen LogP contribution in [0.3, 0.4) is 0 Å². The lowest BCUT2D eigenvalue weighted by atomic mass is 9.63. The van der Waals surface area contributed by atoms with Crippen LogP contribution in [0.5, 0.6) is 5.75 Å². The summed E-state index contributed by atoms with van der Waals surface area (Å²) >= 11 is 0. The van der Waals surface area contributed by atoms with Crippen molar-refractivity contribution < 1.29 is 14.3 Å². The number of ketones is 1. The van der Waals surface area contributed by atoms with E-state index in [1.54, 1.807) is 24.3 Å². The Morgan fingerprint density at radius 3 is 2.68 bits per heavy atom. The Labute approximate surface area is 163 Å². The maximum atomic E-state index is 13.8. The smallest absolute Gasteiger partial charge is 0.248 e. The molecule has 2 heterocycles. The van der Waals surface area contributed by atoms with Gasteiger partial charge in [0.25, 0.3) is 0 Å². The van der Waals surface area contributed by atoms with Gasteiger partial charge in [-0.1, -0.05) is 38.0 Å². The van der Waals surface area contributed by atoms with E-state index in [1.165, 1.54) is 4.90 Å². The Hall–Kier alpha value is -3.51. The quantitative estimate of drug-likeness (QED) is 0.761. The molecular weight excluding hydrogens is 354 g/mol. The minimum absolute atomic E-state index is 0.0183. The average Bonchev–Trinajstić information content (AvgIpc) is 2.85. The number of hydrogen-bond acceptors (Lipinski definition) is 5. The summed E-state index contributed by atoms with van der Waals surface area (Å²) in [6, 6.07) is 8.91. The molecule has 0 radical (unpaired) electrons. The number of allylic oxidation sites excluding steroid dienone is 1. The second-order valence-electron chi connectivity index (χ2n) is 8.06. The van der Waals surface area contributed by atoms with Crippen LogP contribution in [0.1, 0.15) is 32.3 Å². The molecule has 0 bridgehead atoms. The number of benzene rings is 1. The van der Waals surface area contributed by atoms with E-state index in [0.717, 1.165) is 0 Å². The van der Waals surface area contributed by atoms with Crippen molar-refractivity contribution in [2.45, 2.75) is 32.1 Å². The highest BCUT2D eigenvalue weighted by Gasteiger charge is 2.63. The molecular formula is C22H19N3O3. The van der Waals surface area contributed by atoms with Gasteiger partial charge in [0.1, 0.15) is 22.8 Å². The fourth-order valence-electron chi connectivity index (χ4n) is 4.61. The zero-order chi connectivity index (χ0) is 20.3. The van der Waals surface area contributed by atoms with Gasteiger partial charge in [-0.05, 0) is 17.9 Å². The lowest BCUT2D eigenvalue weighted by molar-refractivity contribution is -0.131. The summed E-state index contributed by atoms with van der Waals surface area (Å²) in [7, 11) is 0. The van der Waals surface area contributed by atoms with Gasteiger partial charge in [-0.25, -0.2) is 0 Å². The highest BCUT2D eigenvalue weighted by atomic mass is 16.5. The van der Waals surface area contributed by atoms with Crippen LogP contribution in [0.4, 0.5) is 0 Å². The Kier molecular flexibility index (Phi) is 3.67. The zero-order valence-corrected chi connectivity index (χ0v) is 15.7. The van der Waals surface area contributed by atoms with Crippen molar-refractivity contribution in [1.29, 1.82) is 5.26 Å². The van der Waals surface area contributed by atoms with Crippen molar-refractivity contribution in [3.63, 3.8) is 0 Å². The average molecular weight is 373 g/mol. The van der Waals surface area contributed by atoms with E-state index in [0.29, 0.717) is 29.0 Å². The van der Waals surface area contributed by atoms with Gasteiger partial charge >= 0.3 is 0 Å². The summed E-state index contributed by atoms with van der Waals surface area (Å²) in [6.45, 7) is 3.97. The molecule has 0 saturated carbocycles. The second kappa shape index (κ2) is 5.74. The molecule has 1 aromatic carbocycles. The van der Waals surface area contributed by atoms with E-state index < -0.39 is 11.3 Å². The van der Waals surface area contributed by atoms with E-state index >= 15 is 0 Å². The third-order valence-electron chi connectivity index (χ3n) is 5.61. The van der Waals surface area contributed by atoms with Crippen LogP contribution in [-0.2, 0) is 15.0 Å². The molecule has 1 amide bonds. The van der Waals surface area contributed by atoms with Gasteiger partial charge in [0, 0.05) is 23.3 Å². The first kappa shape index (κ1) is 17.9. The number of nitrogens with two attached hydrogens (primary N) is 1. The number of Topliss-reactive ketones (excluding diaryl/α,β-unsaturated/α-hetero) is 1. The molecule has 28 heavy (non-hydrogen) atoms. The van der Waals surface area contributed by atoms with Crippen LogP contribution in [0, 0.1) is 29.1 Å². The number of nitrogens with zero attached hydrogens (tertiary/aromatic N) is 2. The van der Waals surface area contributed by atoms with Crippen LogP contribution >= 0.6 is 0 Å². The summed E-state index contributed by atoms with van der Waals surface area (Å²) in [6.07, 6.45) is 6.30. The van der Waals surface area contributed by atoms with E-state index in [9.17, 15) is 14.9 Å². The summed E-state index contributed by atoms with van der Waals surface area (Å²) in [5, 5.41) is 9.91. The first-order valence-corrected chi connectivity index (χ1v) is 8.98. The number of para-hydroxylation sites is 1. The molecule has 1 atom stereocenters. The lowest BCUT2D eigenvalue weighted by Crippen LogP contribution is -2.47. The molecule has 140 valence electrons. The Morgan fingerprint density at radius 2 is 2.00 bits per heavy atom. The molecule has 4 rings (SSSR count). The number of rotatable bonds is 1. The number of terminal acetylenes is 1. The zero-order valence-electron chi connectivity index (χ0n) is 15.7. The molecule has 6 heteroatoms. The molecule has 0 fully saturated rings. The SMILES string of the molecule is C#CCN1C(=O)[C@@]2(C(C#N)=C(N)Oc3ccccc32)C2=C1CC(C)(C)CC2=O. The predicted molar refractivity (Wildman–Crippen MR) is 101 cm³/mol. The van der Waals surface area contributed by atoms with E-state index in [4.69, 9.17) is 16.9 Å². The maximum absolute atomic E-state index is 13.8. The van der Waals surface area contributed by atoms with Crippen LogP contribution in [0.15, 0.2) is 47.0 Å². The number of hydrogen-bond donors (Lipinski definition) is 1. The van der Waals surface area contributed by atoms with Crippen molar-refractivity contribution in [2.75, 3.05) is 6.54 Å². The number of ether oxygens (including phenoxy) is 1. The summed E-state index contributed by atoms with van der Waals surface area (Å²) in [4.78, 5) is 28.6. The first-order chi connectivity index (χ1) is 13.3. The van der Waals surface area contributed by atoms with Crippen molar-refractivity contribution in [3.8, 4) is 24.2 Å². The Balaban J connectivity index is 2.13. The van der Waals surface area contributed by atoms with Gasteiger partial charge in [-0.3, -0.25) is 9.59 Å².